The van der Waals surface area contributed by atoms with Crippen LogP contribution in [0, 0.1) is 5.92 Å². The van der Waals surface area contributed by atoms with Crippen molar-refractivity contribution in [1.82, 2.24) is 4.90 Å². The molecular weight excluding hydrogens is 507 g/mol. The van der Waals surface area contributed by atoms with Crippen LogP contribution in [-0.4, -0.2) is 51.0 Å². The van der Waals surface area contributed by atoms with Crippen molar-refractivity contribution in [3.8, 4) is 0 Å². The summed E-state index contributed by atoms with van der Waals surface area (Å²) in [6.07, 6.45) is 5.28. The van der Waals surface area contributed by atoms with E-state index in [4.69, 9.17) is 34.8 Å². The minimum atomic E-state index is -3.87. The maximum absolute atomic E-state index is 13.7. The summed E-state index contributed by atoms with van der Waals surface area (Å²) in [4.78, 5) is 2.62. The number of piperidine rings is 1. The molecule has 1 heterocycles. The number of benzene rings is 2. The topological polar surface area (TPSA) is 40.6 Å². The molecule has 2 aromatic rings. The molecule has 1 aliphatic heterocycles. The molecule has 0 radical (unpaired) electrons. The van der Waals surface area contributed by atoms with Gasteiger partial charge in [0.25, 0.3) is 10.0 Å². The molecule has 0 aliphatic carbocycles. The van der Waals surface area contributed by atoms with Crippen LogP contribution >= 0.6 is 46.6 Å². The maximum atomic E-state index is 13.7. The van der Waals surface area contributed by atoms with Crippen molar-refractivity contribution in [2.24, 2.45) is 5.92 Å². The van der Waals surface area contributed by atoms with E-state index in [1.54, 1.807) is 30.3 Å². The zero-order valence-corrected chi connectivity index (χ0v) is 22.2. The number of thioether (sulfide) groups is 1. The van der Waals surface area contributed by atoms with Crippen molar-refractivity contribution in [1.29, 1.82) is 0 Å². The van der Waals surface area contributed by atoms with Crippen LogP contribution in [0.5, 0.6) is 0 Å². The first kappa shape index (κ1) is 26.0. The van der Waals surface area contributed by atoms with Crippen molar-refractivity contribution in [3.05, 3.63) is 57.5 Å². The van der Waals surface area contributed by atoms with Crippen LogP contribution in [-0.2, 0) is 10.0 Å². The highest BCUT2D eigenvalue weighted by Gasteiger charge is 2.32. The molecule has 0 saturated carbocycles. The van der Waals surface area contributed by atoms with Gasteiger partial charge in [0.2, 0.25) is 0 Å². The number of likely N-dealkylation sites (tertiary alicyclic amines) is 1. The molecule has 176 valence electrons. The maximum Gasteiger partial charge on any atom is 0.264 e. The van der Waals surface area contributed by atoms with Gasteiger partial charge in [0.1, 0.15) is 0 Å². The lowest BCUT2D eigenvalue weighted by atomic mass is 9.99. The SMILES string of the molecule is CSCC1CCCN(CC[C@@H](C)N(c2cc(Cl)ccc2Cl)S(=O)(=O)c2ccc(Cl)cc2)C1. The molecule has 1 saturated heterocycles. The van der Waals surface area contributed by atoms with Crippen molar-refractivity contribution in [2.75, 3.05) is 35.9 Å². The molecule has 1 aliphatic rings. The summed E-state index contributed by atoms with van der Waals surface area (Å²) in [5, 5.41) is 1.26. The molecular formula is C23H29Cl3N2O2S2. The van der Waals surface area contributed by atoms with Crippen LogP contribution in [0.3, 0.4) is 0 Å². The smallest absolute Gasteiger partial charge is 0.264 e. The summed E-state index contributed by atoms with van der Waals surface area (Å²) in [7, 11) is -3.87. The summed E-state index contributed by atoms with van der Waals surface area (Å²) < 4.78 is 28.8. The minimum Gasteiger partial charge on any atom is -0.303 e. The van der Waals surface area contributed by atoms with Gasteiger partial charge in [0.05, 0.1) is 15.6 Å². The molecule has 4 nitrogen and oxygen atoms in total. The average Bonchev–Trinajstić information content (AvgIpc) is 2.75. The van der Waals surface area contributed by atoms with Gasteiger partial charge in [-0.1, -0.05) is 34.8 Å². The molecule has 0 bridgehead atoms. The van der Waals surface area contributed by atoms with E-state index in [-0.39, 0.29) is 10.9 Å². The molecule has 3 rings (SSSR count). The second-order valence-corrected chi connectivity index (χ2v) is 12.3. The molecule has 1 unspecified atom stereocenters. The van der Waals surface area contributed by atoms with Crippen LogP contribution in [0.15, 0.2) is 47.4 Å². The van der Waals surface area contributed by atoms with E-state index in [0.717, 1.165) is 19.6 Å². The lowest BCUT2D eigenvalue weighted by Crippen LogP contribution is -2.43. The summed E-state index contributed by atoms with van der Waals surface area (Å²) >= 11 is 20.6. The first-order valence-corrected chi connectivity index (χ1v) is 14.7. The van der Waals surface area contributed by atoms with Gasteiger partial charge < -0.3 is 4.90 Å². The lowest BCUT2D eigenvalue weighted by Gasteiger charge is -2.35. The Bertz CT molecular complexity index is 1000. The molecule has 2 atom stereocenters. The quantitative estimate of drug-likeness (QED) is 0.358. The van der Waals surface area contributed by atoms with Crippen LogP contribution < -0.4 is 4.31 Å². The van der Waals surface area contributed by atoms with E-state index in [1.165, 1.54) is 35.0 Å². The van der Waals surface area contributed by atoms with Gasteiger partial charge in [-0.25, -0.2) is 8.42 Å². The van der Waals surface area contributed by atoms with Crippen LogP contribution in [0.4, 0.5) is 5.69 Å². The van der Waals surface area contributed by atoms with Gasteiger partial charge in [-0.15, -0.1) is 0 Å². The number of nitrogens with zero attached hydrogens (tertiary/aromatic N) is 2. The highest BCUT2D eigenvalue weighted by Crippen LogP contribution is 2.35. The normalized spacial score (nSPS) is 18.5. The van der Waals surface area contributed by atoms with Gasteiger partial charge >= 0.3 is 0 Å². The molecule has 0 spiro atoms. The van der Waals surface area contributed by atoms with Gasteiger partial charge in [-0.2, -0.15) is 11.8 Å². The Morgan fingerprint density at radius 2 is 1.81 bits per heavy atom. The summed E-state index contributed by atoms with van der Waals surface area (Å²) in [5.41, 5.74) is 0.389. The Balaban J connectivity index is 1.87. The Labute approximate surface area is 211 Å². The Hall–Kier alpha value is -0.630. The Kier molecular flexibility index (Phi) is 9.48. The van der Waals surface area contributed by atoms with Gasteiger partial charge in [-0.05, 0) is 93.1 Å². The third-order valence-electron chi connectivity index (χ3n) is 5.78. The summed E-state index contributed by atoms with van der Waals surface area (Å²) in [6, 6.07) is 10.8. The molecule has 9 heteroatoms. The number of anilines is 1. The minimum absolute atomic E-state index is 0.169. The van der Waals surface area contributed by atoms with Crippen LogP contribution in [0.1, 0.15) is 26.2 Å². The van der Waals surface area contributed by atoms with Crippen molar-refractivity contribution in [3.63, 3.8) is 0 Å². The lowest BCUT2D eigenvalue weighted by molar-refractivity contribution is 0.182. The molecule has 0 aromatic heterocycles. The first-order valence-electron chi connectivity index (χ1n) is 10.7. The second-order valence-electron chi connectivity index (χ2n) is 8.25. The molecule has 1 fully saturated rings. The van der Waals surface area contributed by atoms with Crippen molar-refractivity contribution >= 4 is 62.3 Å². The van der Waals surface area contributed by atoms with E-state index in [1.807, 2.05) is 18.7 Å². The predicted octanol–water partition coefficient (Wildman–Crippen LogP) is 6.70. The molecule has 32 heavy (non-hydrogen) atoms. The predicted molar refractivity (Wildman–Crippen MR) is 139 cm³/mol. The fraction of sp³-hybridized carbons (Fsp3) is 0.478. The van der Waals surface area contributed by atoms with E-state index in [2.05, 4.69) is 11.2 Å². The van der Waals surface area contributed by atoms with Crippen LogP contribution in [0.2, 0.25) is 15.1 Å². The number of halogens is 3. The van der Waals surface area contributed by atoms with E-state index >= 15 is 0 Å². The highest BCUT2D eigenvalue weighted by atomic mass is 35.5. The molecule has 0 N–H and O–H groups in total. The third-order valence-corrected chi connectivity index (χ3v) is 9.34. The van der Waals surface area contributed by atoms with E-state index < -0.39 is 10.0 Å². The second kappa shape index (κ2) is 11.7. The number of sulfonamides is 1. The van der Waals surface area contributed by atoms with Crippen molar-refractivity contribution < 1.29 is 8.42 Å². The molecule has 0 amide bonds. The largest absolute Gasteiger partial charge is 0.303 e. The average molecular weight is 536 g/mol. The standard InChI is InChI=1S/C23H29Cl3N2O2S2/c1-17(11-13-27-12-3-4-18(15-27)16-31-2)28(23-14-20(25)7-10-22(23)26)32(29,30)21-8-5-19(24)6-9-21/h5-10,14,17-18H,3-4,11-13,15-16H2,1-2H3/t17-,18?/m1/s1. The van der Waals surface area contributed by atoms with Gasteiger partial charge in [-0.3, -0.25) is 4.31 Å². The van der Waals surface area contributed by atoms with E-state index in [0.29, 0.717) is 33.1 Å². The highest BCUT2D eigenvalue weighted by molar-refractivity contribution is 7.98. The van der Waals surface area contributed by atoms with Gasteiger partial charge in [0.15, 0.2) is 0 Å². The van der Waals surface area contributed by atoms with E-state index in [9.17, 15) is 8.42 Å². The third kappa shape index (κ3) is 6.49. The first-order chi connectivity index (χ1) is 15.2. The zero-order valence-electron chi connectivity index (χ0n) is 18.3. The number of rotatable bonds is 9. The molecule has 2 aromatic carbocycles. The van der Waals surface area contributed by atoms with Crippen LogP contribution in [0.25, 0.3) is 0 Å². The Morgan fingerprint density at radius 3 is 2.50 bits per heavy atom. The van der Waals surface area contributed by atoms with Crippen molar-refractivity contribution in [2.45, 2.75) is 37.1 Å². The number of hydrogen-bond donors (Lipinski definition) is 0. The zero-order chi connectivity index (χ0) is 23.3. The fourth-order valence-electron chi connectivity index (χ4n) is 4.19. The number of hydrogen-bond acceptors (Lipinski definition) is 4. The summed E-state index contributed by atoms with van der Waals surface area (Å²) in [5.74, 6) is 1.87. The Morgan fingerprint density at radius 1 is 1.12 bits per heavy atom. The van der Waals surface area contributed by atoms with Gasteiger partial charge in [0, 0.05) is 29.2 Å². The summed E-state index contributed by atoms with van der Waals surface area (Å²) in [6.45, 7) is 4.87. The fourth-order valence-corrected chi connectivity index (χ4v) is 7.18. The monoisotopic (exact) mass is 534 g/mol.